The maximum absolute atomic E-state index is 9.72. The summed E-state index contributed by atoms with van der Waals surface area (Å²) in [6.45, 7) is 4.48. The first-order valence-electron chi connectivity index (χ1n) is 10.6. The van der Waals surface area contributed by atoms with Gasteiger partial charge in [0.1, 0.15) is 5.75 Å². The van der Waals surface area contributed by atoms with Crippen LogP contribution in [0.4, 0.5) is 11.4 Å². The predicted octanol–water partition coefficient (Wildman–Crippen LogP) is 3.28. The number of aliphatic hydroxyl groups excluding tert-OH is 1. The smallest absolute Gasteiger partial charge is 0.121 e. The van der Waals surface area contributed by atoms with Crippen LogP contribution in [0.2, 0.25) is 0 Å². The molecule has 32 heavy (non-hydrogen) atoms. The second-order valence-corrected chi connectivity index (χ2v) is 7.53. The maximum atomic E-state index is 9.72. The number of nitrogens with zero attached hydrogens (tertiary/aromatic N) is 5. The lowest BCUT2D eigenvalue weighted by molar-refractivity contribution is 0.281. The Balaban J connectivity index is 1.77. The van der Waals surface area contributed by atoms with Crippen molar-refractivity contribution < 1.29 is 9.84 Å². The van der Waals surface area contributed by atoms with Crippen LogP contribution in [-0.4, -0.2) is 51.6 Å². The summed E-state index contributed by atoms with van der Waals surface area (Å²) in [5, 5.41) is 17.3. The maximum Gasteiger partial charge on any atom is 0.121 e. The van der Waals surface area contributed by atoms with E-state index in [4.69, 9.17) is 9.72 Å². The number of hydrogen-bond donors (Lipinski definition) is 2. The summed E-state index contributed by atoms with van der Waals surface area (Å²) in [4.78, 5) is 11.6. The largest absolute Gasteiger partial charge is 0.497 e. The van der Waals surface area contributed by atoms with E-state index in [0.717, 1.165) is 58.9 Å². The fourth-order valence-electron chi connectivity index (χ4n) is 3.64. The van der Waals surface area contributed by atoms with Crippen LogP contribution >= 0.6 is 0 Å². The molecule has 0 atom stereocenters. The molecule has 0 aliphatic rings. The number of ether oxygens (including phenoxy) is 1. The minimum atomic E-state index is -0.0527. The van der Waals surface area contributed by atoms with Gasteiger partial charge in [0.2, 0.25) is 0 Å². The van der Waals surface area contributed by atoms with E-state index in [-0.39, 0.29) is 6.61 Å². The molecule has 0 spiro atoms. The molecule has 0 aliphatic heterocycles. The number of aliphatic hydroxyl groups is 1. The Kier molecular flexibility index (Phi) is 6.63. The van der Waals surface area contributed by atoms with Crippen LogP contribution < -0.4 is 15.0 Å². The van der Waals surface area contributed by atoms with E-state index >= 15 is 0 Å². The van der Waals surface area contributed by atoms with Crippen molar-refractivity contribution in [2.75, 3.05) is 31.6 Å². The Morgan fingerprint density at radius 3 is 2.69 bits per heavy atom. The SMILES string of the molecule is CCNCCN(c1cc(CO)cc(OC)c1)c1ccc2ncc(-c3cnn(C)c3)nc2c1. The second kappa shape index (κ2) is 9.76. The van der Waals surface area contributed by atoms with Gasteiger partial charge in [0, 0.05) is 49.3 Å². The molecule has 2 aromatic heterocycles. The van der Waals surface area contributed by atoms with Gasteiger partial charge >= 0.3 is 0 Å². The third-order valence-corrected chi connectivity index (χ3v) is 5.28. The first kappa shape index (κ1) is 21.7. The summed E-state index contributed by atoms with van der Waals surface area (Å²) >= 11 is 0. The van der Waals surface area contributed by atoms with Crippen LogP contribution in [0.5, 0.6) is 5.75 Å². The van der Waals surface area contributed by atoms with Crippen LogP contribution in [-0.2, 0) is 13.7 Å². The average molecular weight is 433 g/mol. The van der Waals surface area contributed by atoms with Gasteiger partial charge in [-0.3, -0.25) is 9.67 Å². The van der Waals surface area contributed by atoms with Gasteiger partial charge in [0.05, 0.1) is 42.8 Å². The molecular formula is C24H28N6O2. The molecule has 0 radical (unpaired) electrons. The molecule has 2 heterocycles. The van der Waals surface area contributed by atoms with E-state index in [9.17, 15) is 5.11 Å². The highest BCUT2D eigenvalue weighted by Gasteiger charge is 2.14. The highest BCUT2D eigenvalue weighted by molar-refractivity contribution is 5.82. The van der Waals surface area contributed by atoms with Crippen molar-refractivity contribution in [1.29, 1.82) is 0 Å². The van der Waals surface area contributed by atoms with Crippen molar-refractivity contribution in [3.8, 4) is 17.0 Å². The molecule has 0 fully saturated rings. The quantitative estimate of drug-likeness (QED) is 0.393. The first-order chi connectivity index (χ1) is 15.6. The van der Waals surface area contributed by atoms with Crippen molar-refractivity contribution >= 4 is 22.4 Å². The molecule has 0 saturated carbocycles. The fourth-order valence-corrected chi connectivity index (χ4v) is 3.64. The summed E-state index contributed by atoms with van der Waals surface area (Å²) in [5.74, 6) is 0.708. The predicted molar refractivity (Wildman–Crippen MR) is 126 cm³/mol. The van der Waals surface area contributed by atoms with E-state index in [1.807, 2.05) is 49.6 Å². The van der Waals surface area contributed by atoms with Crippen molar-refractivity contribution in [1.82, 2.24) is 25.1 Å². The van der Waals surface area contributed by atoms with E-state index in [1.54, 1.807) is 24.2 Å². The van der Waals surface area contributed by atoms with Gasteiger partial charge in [-0.1, -0.05) is 6.92 Å². The summed E-state index contributed by atoms with van der Waals surface area (Å²) in [5.41, 5.74) is 6.08. The van der Waals surface area contributed by atoms with Gasteiger partial charge in [0.15, 0.2) is 0 Å². The molecule has 0 aliphatic carbocycles. The zero-order valence-electron chi connectivity index (χ0n) is 18.6. The second-order valence-electron chi connectivity index (χ2n) is 7.53. The van der Waals surface area contributed by atoms with Crippen LogP contribution in [0.15, 0.2) is 55.0 Å². The van der Waals surface area contributed by atoms with Crippen molar-refractivity contribution in [3.05, 3.63) is 60.6 Å². The lowest BCUT2D eigenvalue weighted by Gasteiger charge is -2.26. The van der Waals surface area contributed by atoms with E-state index < -0.39 is 0 Å². The lowest BCUT2D eigenvalue weighted by atomic mass is 10.1. The van der Waals surface area contributed by atoms with Crippen LogP contribution in [0.3, 0.4) is 0 Å². The molecule has 0 unspecified atom stereocenters. The van der Waals surface area contributed by atoms with Crippen molar-refractivity contribution in [2.24, 2.45) is 7.05 Å². The van der Waals surface area contributed by atoms with Crippen LogP contribution in [0.1, 0.15) is 12.5 Å². The lowest BCUT2D eigenvalue weighted by Crippen LogP contribution is -2.28. The highest BCUT2D eigenvalue weighted by Crippen LogP contribution is 2.31. The number of benzene rings is 2. The number of likely N-dealkylation sites (N-methyl/N-ethyl adjacent to an activating group) is 1. The van der Waals surface area contributed by atoms with Gasteiger partial charge in [-0.05, 0) is 42.4 Å². The number of methoxy groups -OCH3 is 1. The van der Waals surface area contributed by atoms with E-state index in [0.29, 0.717) is 5.75 Å². The minimum Gasteiger partial charge on any atom is -0.497 e. The van der Waals surface area contributed by atoms with Gasteiger partial charge in [0.25, 0.3) is 0 Å². The Morgan fingerprint density at radius 1 is 1.09 bits per heavy atom. The monoisotopic (exact) mass is 432 g/mol. The van der Waals surface area contributed by atoms with Gasteiger partial charge in [-0.15, -0.1) is 0 Å². The number of hydrogen-bond acceptors (Lipinski definition) is 7. The third kappa shape index (κ3) is 4.71. The zero-order valence-corrected chi connectivity index (χ0v) is 18.6. The molecule has 0 bridgehead atoms. The molecule has 4 aromatic rings. The topological polar surface area (TPSA) is 88.3 Å². The van der Waals surface area contributed by atoms with E-state index in [1.165, 1.54) is 0 Å². The fraction of sp³-hybridized carbons (Fsp3) is 0.292. The number of rotatable bonds is 9. The number of anilines is 2. The van der Waals surface area contributed by atoms with Crippen LogP contribution in [0, 0.1) is 0 Å². The number of fused-ring (bicyclic) bond motifs is 1. The van der Waals surface area contributed by atoms with Crippen molar-refractivity contribution in [3.63, 3.8) is 0 Å². The summed E-state index contributed by atoms with van der Waals surface area (Å²) in [6.07, 6.45) is 5.49. The molecule has 166 valence electrons. The molecule has 2 N–H and O–H groups in total. The van der Waals surface area contributed by atoms with Gasteiger partial charge < -0.3 is 20.1 Å². The third-order valence-electron chi connectivity index (χ3n) is 5.28. The Morgan fingerprint density at radius 2 is 1.97 bits per heavy atom. The first-order valence-corrected chi connectivity index (χ1v) is 10.6. The summed E-state index contributed by atoms with van der Waals surface area (Å²) in [7, 11) is 3.52. The van der Waals surface area contributed by atoms with Crippen molar-refractivity contribution in [2.45, 2.75) is 13.5 Å². The zero-order chi connectivity index (χ0) is 22.5. The molecule has 0 saturated heterocycles. The normalized spacial score (nSPS) is 11.1. The molecule has 4 rings (SSSR count). The molecule has 2 aromatic carbocycles. The Labute approximate surface area is 187 Å². The van der Waals surface area contributed by atoms with Gasteiger partial charge in [-0.25, -0.2) is 4.98 Å². The molecule has 0 amide bonds. The highest BCUT2D eigenvalue weighted by atomic mass is 16.5. The molecule has 8 heteroatoms. The van der Waals surface area contributed by atoms with Crippen LogP contribution in [0.25, 0.3) is 22.3 Å². The summed E-state index contributed by atoms with van der Waals surface area (Å²) in [6, 6.07) is 11.9. The standard InChI is InChI=1S/C24H28N6O2/c1-4-25-7-8-30(20-9-17(16-31)10-21(11-20)32-3)19-5-6-22-23(12-19)28-24(14-26-22)18-13-27-29(2)15-18/h5-6,9-15,25,31H,4,7-8,16H2,1-3H3. The Hall–Kier alpha value is -3.49. The Bertz CT molecular complexity index is 1180. The van der Waals surface area contributed by atoms with E-state index in [2.05, 4.69) is 27.2 Å². The minimum absolute atomic E-state index is 0.0527. The number of aromatic nitrogens is 4. The summed E-state index contributed by atoms with van der Waals surface area (Å²) < 4.78 is 7.21. The average Bonchev–Trinajstić information content (AvgIpc) is 3.27. The number of aryl methyl sites for hydroxylation is 1. The van der Waals surface area contributed by atoms with Gasteiger partial charge in [-0.2, -0.15) is 5.10 Å². The molecular weight excluding hydrogens is 404 g/mol. The molecule has 8 nitrogen and oxygen atoms in total. The number of nitrogens with one attached hydrogen (secondary N) is 1.